The van der Waals surface area contributed by atoms with E-state index in [9.17, 15) is 9.59 Å². The van der Waals surface area contributed by atoms with Gasteiger partial charge in [0.25, 0.3) is 0 Å². The Morgan fingerprint density at radius 2 is 2.55 bits per heavy atom. The van der Waals surface area contributed by atoms with Crippen molar-refractivity contribution < 1.29 is 9.59 Å². The van der Waals surface area contributed by atoms with Crippen LogP contribution in [-0.2, 0) is 4.79 Å². The predicted octanol–water partition coefficient (Wildman–Crippen LogP) is -1.11. The van der Waals surface area contributed by atoms with Gasteiger partial charge in [-0.05, 0) is 6.92 Å². The summed E-state index contributed by atoms with van der Waals surface area (Å²) in [5.74, 6) is -0.478. The van der Waals surface area contributed by atoms with Crippen LogP contribution in [0.15, 0.2) is 0 Å². The van der Waals surface area contributed by atoms with Crippen molar-refractivity contribution in [3.05, 3.63) is 0 Å². The highest BCUT2D eigenvalue weighted by atomic mass is 16.2. The summed E-state index contributed by atoms with van der Waals surface area (Å²) < 4.78 is 0. The summed E-state index contributed by atoms with van der Waals surface area (Å²) in [7, 11) is 0. The Bertz CT molecular complexity index is 192. The van der Waals surface area contributed by atoms with Gasteiger partial charge in [0.15, 0.2) is 0 Å². The molecule has 1 rings (SSSR count). The van der Waals surface area contributed by atoms with E-state index in [-0.39, 0.29) is 18.6 Å². The molecule has 1 fully saturated rings. The maximum absolute atomic E-state index is 10.9. The van der Waals surface area contributed by atoms with Crippen molar-refractivity contribution in [2.75, 3.05) is 13.1 Å². The molecular weight excluding hydrogens is 146 g/mol. The van der Waals surface area contributed by atoms with Crippen molar-refractivity contribution in [2.24, 2.45) is 5.73 Å². The number of primary amides is 1. The van der Waals surface area contributed by atoms with Crippen molar-refractivity contribution in [3.63, 3.8) is 0 Å². The van der Waals surface area contributed by atoms with Crippen molar-refractivity contribution in [2.45, 2.75) is 13.0 Å². The van der Waals surface area contributed by atoms with E-state index in [4.69, 9.17) is 5.73 Å². The van der Waals surface area contributed by atoms with Crippen LogP contribution in [0.3, 0.4) is 0 Å². The number of rotatable bonds is 2. The number of carbonyl (C=O) groups is 2. The van der Waals surface area contributed by atoms with Gasteiger partial charge >= 0.3 is 6.03 Å². The van der Waals surface area contributed by atoms with Gasteiger partial charge in [-0.3, -0.25) is 4.79 Å². The van der Waals surface area contributed by atoms with Crippen LogP contribution >= 0.6 is 0 Å². The average molecular weight is 157 g/mol. The van der Waals surface area contributed by atoms with Crippen molar-refractivity contribution in [1.82, 2.24) is 10.2 Å². The first-order chi connectivity index (χ1) is 5.09. The van der Waals surface area contributed by atoms with Crippen LogP contribution in [-0.4, -0.2) is 36.0 Å². The summed E-state index contributed by atoms with van der Waals surface area (Å²) in [5.41, 5.74) is 4.92. The quantitative estimate of drug-likeness (QED) is 0.533. The van der Waals surface area contributed by atoms with Crippen LogP contribution in [0.25, 0.3) is 0 Å². The average Bonchev–Trinajstić information content (AvgIpc) is 2.09. The van der Waals surface area contributed by atoms with Crippen LogP contribution in [0, 0.1) is 0 Å². The summed E-state index contributed by atoms with van der Waals surface area (Å²) in [4.78, 5) is 22.7. The van der Waals surface area contributed by atoms with E-state index in [1.165, 1.54) is 4.90 Å². The minimum atomic E-state index is -0.478. The molecule has 1 unspecified atom stereocenters. The maximum Gasteiger partial charge on any atom is 0.318 e. The molecule has 0 aromatic rings. The van der Waals surface area contributed by atoms with Gasteiger partial charge in [0, 0.05) is 12.6 Å². The smallest absolute Gasteiger partial charge is 0.318 e. The number of urea groups is 1. The molecule has 1 heterocycles. The lowest BCUT2D eigenvalue weighted by Crippen LogP contribution is -2.36. The van der Waals surface area contributed by atoms with Gasteiger partial charge in [-0.15, -0.1) is 0 Å². The Labute approximate surface area is 64.5 Å². The molecule has 1 saturated heterocycles. The Morgan fingerprint density at radius 3 is 2.91 bits per heavy atom. The molecule has 0 spiro atoms. The first-order valence-electron chi connectivity index (χ1n) is 3.43. The summed E-state index contributed by atoms with van der Waals surface area (Å²) in [6.45, 7) is 2.44. The van der Waals surface area contributed by atoms with Crippen LogP contribution in [0.4, 0.5) is 4.79 Å². The molecule has 1 atom stereocenters. The zero-order chi connectivity index (χ0) is 8.43. The third kappa shape index (κ3) is 1.83. The molecule has 0 radical (unpaired) electrons. The Kier molecular flexibility index (Phi) is 1.98. The lowest BCUT2D eigenvalue weighted by molar-refractivity contribution is -0.118. The fourth-order valence-electron chi connectivity index (χ4n) is 1.09. The second kappa shape index (κ2) is 2.77. The monoisotopic (exact) mass is 157 g/mol. The fraction of sp³-hybridized carbons (Fsp3) is 0.667. The Balaban J connectivity index is 2.47. The summed E-state index contributed by atoms with van der Waals surface area (Å²) >= 11 is 0. The minimum absolute atomic E-state index is 0.0101. The molecule has 3 amide bonds. The molecule has 0 aromatic carbocycles. The summed E-state index contributed by atoms with van der Waals surface area (Å²) in [6, 6.07) is -0.0989. The van der Waals surface area contributed by atoms with Gasteiger partial charge in [-0.1, -0.05) is 0 Å². The third-order valence-electron chi connectivity index (χ3n) is 1.50. The molecular formula is C6H11N3O2. The normalized spacial score (nSPS) is 23.5. The van der Waals surface area contributed by atoms with Crippen LogP contribution in [0.5, 0.6) is 0 Å². The van der Waals surface area contributed by atoms with E-state index in [1.54, 1.807) is 0 Å². The highest BCUT2D eigenvalue weighted by Crippen LogP contribution is 2.01. The van der Waals surface area contributed by atoms with Gasteiger partial charge < -0.3 is 16.0 Å². The van der Waals surface area contributed by atoms with E-state index in [2.05, 4.69) is 5.32 Å². The topological polar surface area (TPSA) is 75.4 Å². The number of carbonyl (C=O) groups excluding carboxylic acids is 2. The second-order valence-corrected chi connectivity index (χ2v) is 2.70. The molecule has 5 heteroatoms. The maximum atomic E-state index is 10.9. The van der Waals surface area contributed by atoms with Gasteiger partial charge in [0.1, 0.15) is 6.54 Å². The van der Waals surface area contributed by atoms with E-state index in [1.807, 2.05) is 6.92 Å². The van der Waals surface area contributed by atoms with Crippen molar-refractivity contribution in [1.29, 1.82) is 0 Å². The molecule has 0 bridgehead atoms. The van der Waals surface area contributed by atoms with Gasteiger partial charge in [-0.2, -0.15) is 0 Å². The lowest BCUT2D eigenvalue weighted by Gasteiger charge is -2.10. The molecule has 62 valence electrons. The SMILES string of the molecule is CC1CN(CC(N)=O)C(=O)N1. The molecule has 5 nitrogen and oxygen atoms in total. The first kappa shape index (κ1) is 7.84. The Morgan fingerprint density at radius 1 is 1.91 bits per heavy atom. The third-order valence-corrected chi connectivity index (χ3v) is 1.50. The molecule has 1 aliphatic heterocycles. The van der Waals surface area contributed by atoms with Crippen LogP contribution in [0.1, 0.15) is 6.92 Å². The standard InChI is InChI=1S/C6H11N3O2/c1-4-2-9(3-5(7)10)6(11)8-4/h4H,2-3H2,1H3,(H2,7,10)(H,8,11). The van der Waals surface area contributed by atoms with E-state index in [0.29, 0.717) is 6.54 Å². The van der Waals surface area contributed by atoms with Gasteiger partial charge in [0.05, 0.1) is 0 Å². The molecule has 0 aliphatic carbocycles. The number of nitrogens with one attached hydrogen (secondary N) is 1. The van der Waals surface area contributed by atoms with Crippen LogP contribution < -0.4 is 11.1 Å². The van der Waals surface area contributed by atoms with Crippen molar-refractivity contribution >= 4 is 11.9 Å². The van der Waals surface area contributed by atoms with Gasteiger partial charge in [-0.25, -0.2) is 4.79 Å². The molecule has 0 aromatic heterocycles. The molecule has 0 saturated carbocycles. The van der Waals surface area contributed by atoms with E-state index < -0.39 is 5.91 Å². The number of hydrogen-bond acceptors (Lipinski definition) is 2. The number of amides is 3. The molecule has 1 aliphatic rings. The minimum Gasteiger partial charge on any atom is -0.368 e. The van der Waals surface area contributed by atoms with Gasteiger partial charge in [0.2, 0.25) is 5.91 Å². The second-order valence-electron chi connectivity index (χ2n) is 2.70. The zero-order valence-corrected chi connectivity index (χ0v) is 6.33. The van der Waals surface area contributed by atoms with E-state index >= 15 is 0 Å². The number of hydrogen-bond donors (Lipinski definition) is 2. The summed E-state index contributed by atoms with van der Waals surface area (Å²) in [5, 5.41) is 2.65. The van der Waals surface area contributed by atoms with E-state index in [0.717, 1.165) is 0 Å². The van der Waals surface area contributed by atoms with Crippen molar-refractivity contribution in [3.8, 4) is 0 Å². The largest absolute Gasteiger partial charge is 0.368 e. The number of nitrogens with zero attached hydrogens (tertiary/aromatic N) is 1. The number of nitrogens with two attached hydrogens (primary N) is 1. The highest BCUT2D eigenvalue weighted by molar-refractivity contribution is 5.84. The van der Waals surface area contributed by atoms with Crippen LogP contribution in [0.2, 0.25) is 0 Å². The first-order valence-corrected chi connectivity index (χ1v) is 3.43. The Hall–Kier alpha value is -1.26. The predicted molar refractivity (Wildman–Crippen MR) is 38.8 cm³/mol. The fourth-order valence-corrected chi connectivity index (χ4v) is 1.09. The highest BCUT2D eigenvalue weighted by Gasteiger charge is 2.25. The zero-order valence-electron chi connectivity index (χ0n) is 6.33. The molecule has 3 N–H and O–H groups in total. The summed E-state index contributed by atoms with van der Waals surface area (Å²) in [6.07, 6.45) is 0. The lowest BCUT2D eigenvalue weighted by atomic mass is 10.3. The molecule has 11 heavy (non-hydrogen) atoms.